The molecule has 3 rings (SSSR count). The van der Waals surface area contributed by atoms with Crippen molar-refractivity contribution >= 4 is 41.4 Å². The second-order valence-corrected chi connectivity index (χ2v) is 7.73. The van der Waals surface area contributed by atoms with E-state index in [0.29, 0.717) is 41.9 Å². The highest BCUT2D eigenvalue weighted by molar-refractivity contribution is 6.36. The van der Waals surface area contributed by atoms with Crippen LogP contribution in [0.5, 0.6) is 0 Å². The van der Waals surface area contributed by atoms with Gasteiger partial charge in [-0.3, -0.25) is 10.2 Å². The Morgan fingerprint density at radius 1 is 1.31 bits per heavy atom. The number of hydrogen-bond donors (Lipinski definition) is 2. The number of nitrogens with zero attached hydrogens (tertiary/aromatic N) is 3. The summed E-state index contributed by atoms with van der Waals surface area (Å²) in [7, 11) is 1.67. The summed E-state index contributed by atoms with van der Waals surface area (Å²) < 4.78 is 0. The van der Waals surface area contributed by atoms with E-state index in [0.717, 1.165) is 17.4 Å². The van der Waals surface area contributed by atoms with Crippen molar-refractivity contribution < 1.29 is 14.7 Å². The maximum absolute atomic E-state index is 11.8. The molecule has 0 saturated carbocycles. The van der Waals surface area contributed by atoms with E-state index in [-0.39, 0.29) is 6.42 Å². The Labute approximate surface area is 179 Å². The lowest BCUT2D eigenvalue weighted by Crippen LogP contribution is -2.64. The van der Waals surface area contributed by atoms with Gasteiger partial charge in [0.05, 0.1) is 6.54 Å². The number of pyridine rings is 1. The zero-order chi connectivity index (χ0) is 21.0. The third-order valence-corrected chi connectivity index (χ3v) is 5.76. The zero-order valence-electron chi connectivity index (χ0n) is 15.9. The predicted octanol–water partition coefficient (Wildman–Crippen LogP) is 3.75. The van der Waals surface area contributed by atoms with Crippen LogP contribution in [0.25, 0.3) is 11.1 Å². The van der Waals surface area contributed by atoms with E-state index in [9.17, 15) is 14.7 Å². The lowest BCUT2D eigenvalue weighted by molar-refractivity contribution is -0.110. The molecule has 1 unspecified atom stereocenters. The molecule has 0 aliphatic carbocycles. The van der Waals surface area contributed by atoms with Crippen molar-refractivity contribution in [3.63, 3.8) is 0 Å². The molecule has 1 atom stereocenters. The largest absolute Gasteiger partial charge is 0.465 e. The molecule has 0 radical (unpaired) electrons. The maximum Gasteiger partial charge on any atom is 0.408 e. The van der Waals surface area contributed by atoms with E-state index in [4.69, 9.17) is 23.2 Å². The summed E-state index contributed by atoms with van der Waals surface area (Å²) in [5.74, 6) is 0.705. The van der Waals surface area contributed by atoms with E-state index in [1.165, 1.54) is 4.90 Å². The predicted molar refractivity (Wildman–Crippen MR) is 114 cm³/mol. The third kappa shape index (κ3) is 4.47. The lowest BCUT2D eigenvalue weighted by atomic mass is 10.0. The number of carbonyl (C=O) groups excluding carboxylic acids is 1. The van der Waals surface area contributed by atoms with Crippen molar-refractivity contribution in [1.82, 2.24) is 15.2 Å². The highest BCUT2D eigenvalue weighted by atomic mass is 35.5. The van der Waals surface area contributed by atoms with Crippen molar-refractivity contribution in [3.05, 3.63) is 46.6 Å². The van der Waals surface area contributed by atoms with Crippen LogP contribution in [0.4, 0.5) is 10.6 Å². The van der Waals surface area contributed by atoms with Crippen molar-refractivity contribution in [1.29, 1.82) is 0 Å². The van der Waals surface area contributed by atoms with E-state index in [1.807, 2.05) is 23.1 Å². The van der Waals surface area contributed by atoms with Gasteiger partial charge in [0.1, 0.15) is 17.8 Å². The third-order valence-electron chi connectivity index (χ3n) is 5.21. The van der Waals surface area contributed by atoms with Crippen LogP contribution in [0.3, 0.4) is 0 Å². The van der Waals surface area contributed by atoms with E-state index in [1.54, 1.807) is 25.4 Å². The molecule has 29 heavy (non-hydrogen) atoms. The number of carbonyl (C=O) groups is 2. The van der Waals surface area contributed by atoms with Gasteiger partial charge in [-0.1, -0.05) is 29.3 Å². The van der Waals surface area contributed by atoms with Crippen molar-refractivity contribution in [3.8, 4) is 11.1 Å². The number of amides is 1. The summed E-state index contributed by atoms with van der Waals surface area (Å²) in [6, 6.07) is 9.08. The smallest absolute Gasteiger partial charge is 0.408 e. The number of hydrogen-bond acceptors (Lipinski definition) is 5. The highest BCUT2D eigenvalue weighted by Crippen LogP contribution is 2.31. The molecule has 1 aromatic heterocycles. The molecule has 1 aliphatic rings. The number of rotatable bonds is 5. The molecule has 2 heterocycles. The molecule has 0 bridgehead atoms. The maximum atomic E-state index is 11.8. The topological polar surface area (TPSA) is 85.8 Å². The molecule has 7 nitrogen and oxygen atoms in total. The highest BCUT2D eigenvalue weighted by Gasteiger charge is 2.42. The van der Waals surface area contributed by atoms with Crippen LogP contribution in [0.15, 0.2) is 36.5 Å². The van der Waals surface area contributed by atoms with Gasteiger partial charge < -0.3 is 14.8 Å². The normalized spacial score (nSPS) is 19.7. The molecule has 1 aliphatic heterocycles. The molecule has 0 spiro atoms. The zero-order valence-corrected chi connectivity index (χ0v) is 17.5. The number of aromatic nitrogens is 1. The fraction of sp³-hybridized carbons (Fsp3) is 0.350. The SMILES string of the molecule is CNC1(CC=O)CN(c2ccc(-c3ccc(Cl)cc3Cl)cn2)CCCN1C(=O)O. The van der Waals surface area contributed by atoms with Crippen LogP contribution in [0.2, 0.25) is 10.0 Å². The minimum atomic E-state index is -1.05. The summed E-state index contributed by atoms with van der Waals surface area (Å²) in [5, 5.41) is 13.8. The number of anilines is 1. The van der Waals surface area contributed by atoms with Crippen molar-refractivity contribution in [2.24, 2.45) is 0 Å². The first-order chi connectivity index (χ1) is 13.9. The Kier molecular flexibility index (Phi) is 6.62. The molecule has 1 aromatic carbocycles. The van der Waals surface area contributed by atoms with Crippen LogP contribution >= 0.6 is 23.2 Å². The Morgan fingerprint density at radius 2 is 2.10 bits per heavy atom. The van der Waals surface area contributed by atoms with Crippen molar-refractivity contribution in [2.75, 3.05) is 31.6 Å². The van der Waals surface area contributed by atoms with Gasteiger partial charge in [-0.25, -0.2) is 9.78 Å². The first kappa shape index (κ1) is 21.4. The molecular weight excluding hydrogens is 415 g/mol. The average Bonchev–Trinajstić information content (AvgIpc) is 2.89. The first-order valence-electron chi connectivity index (χ1n) is 9.20. The van der Waals surface area contributed by atoms with E-state index < -0.39 is 11.8 Å². The number of nitrogens with one attached hydrogen (secondary N) is 1. The van der Waals surface area contributed by atoms with Crippen LogP contribution in [-0.4, -0.2) is 59.7 Å². The molecule has 9 heteroatoms. The van der Waals surface area contributed by atoms with Gasteiger partial charge in [0.25, 0.3) is 0 Å². The summed E-state index contributed by atoms with van der Waals surface area (Å²) >= 11 is 12.2. The van der Waals surface area contributed by atoms with Gasteiger partial charge in [-0.15, -0.1) is 0 Å². The van der Waals surface area contributed by atoms with Crippen LogP contribution in [-0.2, 0) is 4.79 Å². The monoisotopic (exact) mass is 436 g/mol. The molecule has 1 saturated heterocycles. The Bertz CT molecular complexity index is 894. The Balaban J connectivity index is 1.89. The van der Waals surface area contributed by atoms with Crippen LogP contribution in [0, 0.1) is 0 Å². The minimum absolute atomic E-state index is 0.0464. The molecule has 154 valence electrons. The fourth-order valence-corrected chi connectivity index (χ4v) is 4.19. The van der Waals surface area contributed by atoms with E-state index >= 15 is 0 Å². The fourth-order valence-electron chi connectivity index (χ4n) is 3.67. The van der Waals surface area contributed by atoms with Gasteiger partial charge in [-0.2, -0.15) is 0 Å². The van der Waals surface area contributed by atoms with Gasteiger partial charge in [0.2, 0.25) is 0 Å². The first-order valence-corrected chi connectivity index (χ1v) is 9.95. The number of benzene rings is 1. The average molecular weight is 437 g/mol. The number of likely N-dealkylation sites (N-methyl/N-ethyl adjacent to an activating group) is 1. The number of carboxylic acid groups (broad SMARTS) is 1. The number of aldehydes is 1. The van der Waals surface area contributed by atoms with Gasteiger partial charge in [-0.05, 0) is 37.7 Å². The van der Waals surface area contributed by atoms with Crippen LogP contribution in [0.1, 0.15) is 12.8 Å². The lowest BCUT2D eigenvalue weighted by Gasteiger charge is -2.41. The molecular formula is C20H22Cl2N4O3. The summed E-state index contributed by atoms with van der Waals surface area (Å²) in [5.41, 5.74) is 0.669. The Hall–Kier alpha value is -2.35. The molecule has 2 N–H and O–H groups in total. The molecule has 1 fully saturated rings. The molecule has 1 amide bonds. The van der Waals surface area contributed by atoms with Gasteiger partial charge >= 0.3 is 6.09 Å². The van der Waals surface area contributed by atoms with E-state index in [2.05, 4.69) is 10.3 Å². The summed E-state index contributed by atoms with van der Waals surface area (Å²) in [6.45, 7) is 1.27. The van der Waals surface area contributed by atoms with Crippen molar-refractivity contribution in [2.45, 2.75) is 18.5 Å². The van der Waals surface area contributed by atoms with Crippen LogP contribution < -0.4 is 10.2 Å². The minimum Gasteiger partial charge on any atom is -0.465 e. The molecule has 2 aromatic rings. The number of halogens is 2. The van der Waals surface area contributed by atoms with Gasteiger partial charge in [0.15, 0.2) is 0 Å². The second kappa shape index (κ2) is 8.98. The summed E-state index contributed by atoms with van der Waals surface area (Å²) in [6.07, 6.45) is 2.09. The Morgan fingerprint density at radius 3 is 2.69 bits per heavy atom. The second-order valence-electron chi connectivity index (χ2n) is 6.89. The summed E-state index contributed by atoms with van der Waals surface area (Å²) in [4.78, 5) is 30.9. The quantitative estimate of drug-likeness (QED) is 0.694. The van der Waals surface area contributed by atoms with Gasteiger partial charge in [0, 0.05) is 46.9 Å². The standard InChI is InChI=1S/C20H22Cl2N4O3/c1-23-20(7-10-27)13-25(8-2-9-26(20)19(28)29)18-6-3-14(12-24-18)16-5-4-15(21)11-17(16)22/h3-6,10-12,23H,2,7-9,13H2,1H3,(H,28,29).